The Labute approximate surface area is 136 Å². The Morgan fingerprint density at radius 1 is 1.22 bits per heavy atom. The molecule has 0 saturated heterocycles. The second kappa shape index (κ2) is 7.01. The molecule has 0 atom stereocenters. The van der Waals surface area contributed by atoms with Gasteiger partial charge in [-0.2, -0.15) is 0 Å². The minimum absolute atomic E-state index is 0.0305. The maximum Gasteiger partial charge on any atom is 0.185 e. The van der Waals surface area contributed by atoms with Crippen LogP contribution in [0.4, 0.5) is 5.69 Å². The summed E-state index contributed by atoms with van der Waals surface area (Å²) in [6.45, 7) is 5.61. The van der Waals surface area contributed by atoms with E-state index in [2.05, 4.69) is 0 Å². The molecular formula is C19H21NO3. The number of phenols is 1. The van der Waals surface area contributed by atoms with Crippen molar-refractivity contribution >= 4 is 17.5 Å². The summed E-state index contributed by atoms with van der Waals surface area (Å²) < 4.78 is 5.70. The van der Waals surface area contributed by atoms with Crippen LogP contribution in [-0.2, 0) is 0 Å². The van der Waals surface area contributed by atoms with Gasteiger partial charge in [0.1, 0.15) is 11.5 Å². The van der Waals surface area contributed by atoms with Crippen molar-refractivity contribution in [1.82, 2.24) is 0 Å². The lowest BCUT2D eigenvalue weighted by molar-refractivity contribution is 0.104. The van der Waals surface area contributed by atoms with Crippen molar-refractivity contribution in [2.75, 3.05) is 5.73 Å². The number of nitrogens with two attached hydrogens (primary N) is 1. The highest BCUT2D eigenvalue weighted by Gasteiger charge is 2.09. The number of ether oxygens (including phenoxy) is 1. The summed E-state index contributed by atoms with van der Waals surface area (Å²) in [5.74, 6) is 0.596. The van der Waals surface area contributed by atoms with Gasteiger partial charge in [0, 0.05) is 22.9 Å². The van der Waals surface area contributed by atoms with Crippen molar-refractivity contribution in [2.24, 2.45) is 0 Å². The molecule has 120 valence electrons. The lowest BCUT2D eigenvalue weighted by Gasteiger charge is -2.14. The maximum atomic E-state index is 12.2. The summed E-state index contributed by atoms with van der Waals surface area (Å²) in [5, 5.41) is 9.84. The number of carbonyl (C=O) groups excluding carboxylic acids is 1. The van der Waals surface area contributed by atoms with Crippen molar-refractivity contribution < 1.29 is 14.6 Å². The smallest absolute Gasteiger partial charge is 0.185 e. The Hall–Kier alpha value is -2.75. The molecule has 4 heteroatoms. The van der Waals surface area contributed by atoms with E-state index in [4.69, 9.17) is 10.5 Å². The van der Waals surface area contributed by atoms with Crippen LogP contribution in [0.2, 0.25) is 0 Å². The van der Waals surface area contributed by atoms with E-state index in [1.165, 1.54) is 6.08 Å². The summed E-state index contributed by atoms with van der Waals surface area (Å²) in [5.41, 5.74) is 8.27. The third-order valence-electron chi connectivity index (χ3n) is 3.30. The molecule has 0 aliphatic rings. The number of carbonyl (C=O) groups is 1. The molecule has 0 unspecified atom stereocenters. The average Bonchev–Trinajstić information content (AvgIpc) is 2.49. The molecular weight excluding hydrogens is 290 g/mol. The van der Waals surface area contributed by atoms with Crippen LogP contribution < -0.4 is 10.5 Å². The Morgan fingerprint density at radius 2 is 1.87 bits per heavy atom. The first kappa shape index (κ1) is 16.6. The lowest BCUT2D eigenvalue weighted by Crippen LogP contribution is -2.06. The third kappa shape index (κ3) is 4.36. The fourth-order valence-corrected chi connectivity index (χ4v) is 2.09. The highest BCUT2D eigenvalue weighted by atomic mass is 16.5. The zero-order valence-corrected chi connectivity index (χ0v) is 13.5. The normalized spacial score (nSPS) is 11.1. The number of hydrogen-bond acceptors (Lipinski definition) is 4. The van der Waals surface area contributed by atoms with Crippen molar-refractivity contribution in [1.29, 1.82) is 0 Å². The number of phenolic OH excluding ortho intramolecular Hbond substituents is 1. The van der Waals surface area contributed by atoms with E-state index in [0.717, 1.165) is 11.1 Å². The number of allylic oxidation sites excluding steroid dienone is 1. The lowest BCUT2D eigenvalue weighted by atomic mass is 10.1. The second-order valence-electron chi connectivity index (χ2n) is 5.66. The van der Waals surface area contributed by atoms with Crippen molar-refractivity contribution in [3.8, 4) is 11.5 Å². The number of hydrogen-bond donors (Lipinski definition) is 2. The number of ketones is 1. The van der Waals surface area contributed by atoms with Crippen LogP contribution in [-0.4, -0.2) is 17.0 Å². The van der Waals surface area contributed by atoms with Crippen LogP contribution in [0.25, 0.3) is 6.08 Å². The molecule has 0 saturated carbocycles. The van der Waals surface area contributed by atoms with Crippen molar-refractivity contribution in [3.63, 3.8) is 0 Å². The van der Waals surface area contributed by atoms with Gasteiger partial charge in [-0.05, 0) is 68.8 Å². The predicted molar refractivity (Wildman–Crippen MR) is 92.8 cm³/mol. The van der Waals surface area contributed by atoms with Gasteiger partial charge in [-0.1, -0.05) is 0 Å². The molecule has 4 nitrogen and oxygen atoms in total. The van der Waals surface area contributed by atoms with E-state index >= 15 is 0 Å². The molecule has 0 bridgehead atoms. The van der Waals surface area contributed by atoms with Gasteiger partial charge in [0.05, 0.1) is 6.10 Å². The summed E-state index contributed by atoms with van der Waals surface area (Å²) in [6, 6.07) is 10.1. The quantitative estimate of drug-likeness (QED) is 0.498. The Morgan fingerprint density at radius 3 is 2.48 bits per heavy atom. The van der Waals surface area contributed by atoms with Gasteiger partial charge in [-0.15, -0.1) is 0 Å². The first-order valence-electron chi connectivity index (χ1n) is 7.45. The first-order valence-corrected chi connectivity index (χ1v) is 7.45. The van der Waals surface area contributed by atoms with Crippen LogP contribution in [0.5, 0.6) is 11.5 Å². The molecule has 0 aliphatic carbocycles. The molecule has 0 spiro atoms. The van der Waals surface area contributed by atoms with Gasteiger partial charge in [-0.3, -0.25) is 4.79 Å². The Balaban J connectivity index is 2.28. The molecule has 0 aromatic heterocycles. The van der Waals surface area contributed by atoms with Crippen LogP contribution in [0.1, 0.15) is 35.3 Å². The van der Waals surface area contributed by atoms with Gasteiger partial charge in [0.25, 0.3) is 0 Å². The van der Waals surface area contributed by atoms with Gasteiger partial charge in [0.15, 0.2) is 5.78 Å². The minimum Gasteiger partial charge on any atom is -0.508 e. The zero-order valence-electron chi connectivity index (χ0n) is 13.5. The summed E-state index contributed by atoms with van der Waals surface area (Å²) in [7, 11) is 0. The molecule has 2 aromatic rings. The maximum absolute atomic E-state index is 12.2. The Kier molecular flexibility index (Phi) is 5.06. The van der Waals surface area contributed by atoms with Crippen molar-refractivity contribution in [3.05, 3.63) is 59.2 Å². The molecule has 23 heavy (non-hydrogen) atoms. The predicted octanol–water partition coefficient (Wildman–Crippen LogP) is 3.97. The molecule has 3 N–H and O–H groups in total. The molecule has 0 radical (unpaired) electrons. The van der Waals surface area contributed by atoms with Gasteiger partial charge in [0.2, 0.25) is 0 Å². The Bertz CT molecular complexity index is 731. The molecule has 2 rings (SSSR count). The summed E-state index contributed by atoms with van der Waals surface area (Å²) >= 11 is 0. The summed E-state index contributed by atoms with van der Waals surface area (Å²) in [4.78, 5) is 12.2. The van der Waals surface area contributed by atoms with E-state index < -0.39 is 0 Å². The van der Waals surface area contributed by atoms with Gasteiger partial charge < -0.3 is 15.6 Å². The number of anilines is 1. The molecule has 0 aliphatic heterocycles. The fraction of sp³-hybridized carbons (Fsp3) is 0.211. The number of nitrogen functional groups attached to an aromatic ring is 1. The topological polar surface area (TPSA) is 72.6 Å². The minimum atomic E-state index is -0.119. The monoisotopic (exact) mass is 311 g/mol. The van der Waals surface area contributed by atoms with Crippen LogP contribution in [0.15, 0.2) is 42.5 Å². The van der Waals surface area contributed by atoms with Crippen molar-refractivity contribution in [2.45, 2.75) is 26.9 Å². The third-order valence-corrected chi connectivity index (χ3v) is 3.30. The van der Waals surface area contributed by atoms with Gasteiger partial charge >= 0.3 is 0 Å². The van der Waals surface area contributed by atoms with Crippen LogP contribution in [0.3, 0.4) is 0 Å². The first-order chi connectivity index (χ1) is 10.9. The van der Waals surface area contributed by atoms with Gasteiger partial charge in [-0.25, -0.2) is 0 Å². The summed E-state index contributed by atoms with van der Waals surface area (Å²) in [6.07, 6.45) is 3.16. The number of aromatic hydroxyl groups is 1. The average molecular weight is 311 g/mol. The molecule has 0 fully saturated rings. The van der Waals surface area contributed by atoms with E-state index in [1.807, 2.05) is 13.8 Å². The fourth-order valence-electron chi connectivity index (χ4n) is 2.09. The van der Waals surface area contributed by atoms with Crippen LogP contribution in [0, 0.1) is 6.92 Å². The SMILES string of the molecule is Cc1cc(C=CC(=O)c2ccc(N)cc2)c(OC(C)C)cc1O. The van der Waals surface area contributed by atoms with E-state index in [-0.39, 0.29) is 17.6 Å². The van der Waals surface area contributed by atoms with Crippen LogP contribution >= 0.6 is 0 Å². The highest BCUT2D eigenvalue weighted by molar-refractivity contribution is 6.07. The largest absolute Gasteiger partial charge is 0.508 e. The van der Waals surface area contributed by atoms with E-state index in [0.29, 0.717) is 17.0 Å². The number of aryl methyl sites for hydroxylation is 1. The standard InChI is InChI=1S/C19H21NO3/c1-12(2)23-19-11-18(22)13(3)10-15(19)6-9-17(21)14-4-7-16(20)8-5-14/h4-12,22H,20H2,1-3H3. The molecule has 0 heterocycles. The van der Waals surface area contributed by atoms with E-state index in [1.54, 1.807) is 49.4 Å². The molecule has 0 amide bonds. The van der Waals surface area contributed by atoms with E-state index in [9.17, 15) is 9.90 Å². The number of rotatable bonds is 5. The molecule has 2 aromatic carbocycles. The number of benzene rings is 2. The zero-order chi connectivity index (χ0) is 17.0. The highest BCUT2D eigenvalue weighted by Crippen LogP contribution is 2.29. The second-order valence-corrected chi connectivity index (χ2v) is 5.66.